The monoisotopic (exact) mass is 296 g/mol. The first-order valence-electron chi connectivity index (χ1n) is 5.87. The standard InChI is InChI=1S/C13H17BrN2O/c1-16(8-4-7-14)13(17)12-9-10-5-2-3-6-11(10)15-12/h2-3,5-6,12,15H,4,7-9H2,1H3. The van der Waals surface area contributed by atoms with Gasteiger partial charge in [0.25, 0.3) is 0 Å². The van der Waals surface area contributed by atoms with Crippen molar-refractivity contribution in [2.45, 2.75) is 18.9 Å². The van der Waals surface area contributed by atoms with Gasteiger partial charge in [0.2, 0.25) is 5.91 Å². The molecule has 0 saturated carbocycles. The van der Waals surface area contributed by atoms with E-state index in [-0.39, 0.29) is 11.9 Å². The molecule has 4 heteroatoms. The van der Waals surface area contributed by atoms with Gasteiger partial charge >= 0.3 is 0 Å². The molecule has 0 fully saturated rings. The zero-order valence-corrected chi connectivity index (χ0v) is 11.5. The van der Waals surface area contributed by atoms with Crippen LogP contribution in [0.4, 0.5) is 5.69 Å². The Bertz CT molecular complexity index is 383. The average Bonchev–Trinajstić information content (AvgIpc) is 2.78. The van der Waals surface area contributed by atoms with Crippen molar-refractivity contribution >= 4 is 27.5 Å². The highest BCUT2D eigenvalue weighted by Crippen LogP contribution is 2.25. The number of halogens is 1. The molecule has 0 bridgehead atoms. The van der Waals surface area contributed by atoms with E-state index in [9.17, 15) is 4.79 Å². The van der Waals surface area contributed by atoms with E-state index in [0.29, 0.717) is 0 Å². The number of anilines is 1. The highest BCUT2D eigenvalue weighted by atomic mass is 79.9. The molecule has 1 aromatic carbocycles. The highest BCUT2D eigenvalue weighted by molar-refractivity contribution is 9.09. The maximum absolute atomic E-state index is 12.2. The SMILES string of the molecule is CN(CCCBr)C(=O)C1Cc2ccccc2N1. The third-order valence-corrected chi connectivity index (χ3v) is 3.63. The van der Waals surface area contributed by atoms with E-state index in [1.54, 1.807) is 0 Å². The zero-order chi connectivity index (χ0) is 12.3. The van der Waals surface area contributed by atoms with Crippen molar-refractivity contribution in [2.75, 3.05) is 24.2 Å². The van der Waals surface area contributed by atoms with Gasteiger partial charge in [-0.2, -0.15) is 0 Å². The van der Waals surface area contributed by atoms with Crippen LogP contribution in [0, 0.1) is 0 Å². The molecule has 1 aliphatic heterocycles. The fraction of sp³-hybridized carbons (Fsp3) is 0.462. The van der Waals surface area contributed by atoms with E-state index in [4.69, 9.17) is 0 Å². The number of benzene rings is 1. The van der Waals surface area contributed by atoms with Gasteiger partial charge in [-0.05, 0) is 18.1 Å². The smallest absolute Gasteiger partial charge is 0.245 e. The molecular weight excluding hydrogens is 280 g/mol. The summed E-state index contributed by atoms with van der Waals surface area (Å²) in [6.07, 6.45) is 1.79. The number of rotatable bonds is 4. The minimum absolute atomic E-state index is 0.0901. The Balaban J connectivity index is 1.96. The van der Waals surface area contributed by atoms with Crippen molar-refractivity contribution in [3.63, 3.8) is 0 Å². The molecule has 1 atom stereocenters. The number of likely N-dealkylation sites (N-methyl/N-ethyl adjacent to an activating group) is 1. The lowest BCUT2D eigenvalue weighted by Gasteiger charge is -2.21. The molecule has 1 N–H and O–H groups in total. The first-order valence-corrected chi connectivity index (χ1v) is 7.00. The van der Waals surface area contributed by atoms with Gasteiger partial charge in [0.05, 0.1) is 0 Å². The maximum Gasteiger partial charge on any atom is 0.245 e. The summed E-state index contributed by atoms with van der Waals surface area (Å²) < 4.78 is 0. The number of nitrogens with zero attached hydrogens (tertiary/aromatic N) is 1. The molecule has 0 radical (unpaired) electrons. The van der Waals surface area contributed by atoms with Gasteiger partial charge in [-0.25, -0.2) is 0 Å². The minimum atomic E-state index is -0.0901. The summed E-state index contributed by atoms with van der Waals surface area (Å²) in [4.78, 5) is 14.0. The van der Waals surface area contributed by atoms with Gasteiger partial charge < -0.3 is 10.2 Å². The first kappa shape index (κ1) is 12.4. The Hall–Kier alpha value is -1.03. The van der Waals surface area contributed by atoms with Crippen molar-refractivity contribution in [3.05, 3.63) is 29.8 Å². The summed E-state index contributed by atoms with van der Waals surface area (Å²) in [5, 5.41) is 4.22. The maximum atomic E-state index is 12.2. The van der Waals surface area contributed by atoms with Crippen LogP contribution in [-0.4, -0.2) is 35.8 Å². The Morgan fingerprint density at radius 3 is 3.00 bits per heavy atom. The Morgan fingerprint density at radius 1 is 1.53 bits per heavy atom. The summed E-state index contributed by atoms with van der Waals surface area (Å²) in [7, 11) is 1.87. The third-order valence-electron chi connectivity index (χ3n) is 3.07. The molecule has 1 heterocycles. The number of amides is 1. The van der Waals surface area contributed by atoms with Gasteiger partial charge in [-0.15, -0.1) is 0 Å². The number of alkyl halides is 1. The normalized spacial score (nSPS) is 17.4. The molecule has 1 amide bonds. The summed E-state index contributed by atoms with van der Waals surface area (Å²) in [5.41, 5.74) is 2.33. The van der Waals surface area contributed by atoms with Crippen LogP contribution in [0.25, 0.3) is 0 Å². The second-order valence-electron chi connectivity index (χ2n) is 4.36. The molecule has 3 nitrogen and oxygen atoms in total. The molecule has 0 spiro atoms. The van der Waals surface area contributed by atoms with Crippen LogP contribution >= 0.6 is 15.9 Å². The Kier molecular flexibility index (Phi) is 4.05. The quantitative estimate of drug-likeness (QED) is 0.865. The lowest BCUT2D eigenvalue weighted by Crippen LogP contribution is -2.40. The second-order valence-corrected chi connectivity index (χ2v) is 5.15. The van der Waals surface area contributed by atoms with Gasteiger partial charge in [-0.3, -0.25) is 4.79 Å². The van der Waals surface area contributed by atoms with Crippen LogP contribution in [0.1, 0.15) is 12.0 Å². The fourth-order valence-electron chi connectivity index (χ4n) is 2.12. The van der Waals surface area contributed by atoms with Gasteiger partial charge in [0.1, 0.15) is 6.04 Å². The average molecular weight is 297 g/mol. The molecule has 92 valence electrons. The molecule has 1 unspecified atom stereocenters. The number of hydrogen-bond acceptors (Lipinski definition) is 2. The number of hydrogen-bond donors (Lipinski definition) is 1. The van der Waals surface area contributed by atoms with Gasteiger partial charge in [-0.1, -0.05) is 34.1 Å². The largest absolute Gasteiger partial charge is 0.373 e. The van der Waals surface area contributed by atoms with Crippen molar-refractivity contribution in [1.29, 1.82) is 0 Å². The number of nitrogens with one attached hydrogen (secondary N) is 1. The van der Waals surface area contributed by atoms with Crippen LogP contribution < -0.4 is 5.32 Å². The van der Waals surface area contributed by atoms with Crippen LogP contribution in [0.2, 0.25) is 0 Å². The summed E-state index contributed by atoms with van der Waals surface area (Å²) in [5.74, 6) is 0.183. The van der Waals surface area contributed by atoms with Crippen LogP contribution in [0.15, 0.2) is 24.3 Å². The molecule has 17 heavy (non-hydrogen) atoms. The van der Waals surface area contributed by atoms with E-state index in [2.05, 4.69) is 27.3 Å². The van der Waals surface area contributed by atoms with E-state index < -0.39 is 0 Å². The summed E-state index contributed by atoms with van der Waals surface area (Å²) in [6.45, 7) is 0.804. The molecule has 1 aromatic rings. The number of para-hydroxylation sites is 1. The van der Waals surface area contributed by atoms with Crippen LogP contribution in [-0.2, 0) is 11.2 Å². The fourth-order valence-corrected chi connectivity index (χ4v) is 2.37. The molecule has 0 aliphatic carbocycles. The predicted molar refractivity (Wildman–Crippen MR) is 73.6 cm³/mol. The third kappa shape index (κ3) is 2.80. The van der Waals surface area contributed by atoms with E-state index in [1.807, 2.05) is 30.1 Å². The summed E-state index contributed by atoms with van der Waals surface area (Å²) in [6, 6.07) is 8.03. The lowest BCUT2D eigenvalue weighted by molar-refractivity contribution is -0.130. The van der Waals surface area contributed by atoms with E-state index >= 15 is 0 Å². The molecule has 2 rings (SSSR count). The molecule has 0 saturated heterocycles. The number of fused-ring (bicyclic) bond motifs is 1. The predicted octanol–water partition coefficient (Wildman–Crippen LogP) is 2.27. The van der Waals surface area contributed by atoms with Crippen molar-refractivity contribution in [3.8, 4) is 0 Å². The number of carbonyl (C=O) groups is 1. The molecule has 1 aliphatic rings. The topological polar surface area (TPSA) is 32.3 Å². The van der Waals surface area contributed by atoms with Crippen molar-refractivity contribution < 1.29 is 4.79 Å². The van der Waals surface area contributed by atoms with Gasteiger partial charge in [0.15, 0.2) is 0 Å². The summed E-state index contributed by atoms with van der Waals surface area (Å²) >= 11 is 3.38. The Morgan fingerprint density at radius 2 is 2.29 bits per heavy atom. The zero-order valence-electron chi connectivity index (χ0n) is 9.95. The van der Waals surface area contributed by atoms with Crippen molar-refractivity contribution in [1.82, 2.24) is 4.90 Å². The number of carbonyl (C=O) groups excluding carboxylic acids is 1. The van der Waals surface area contributed by atoms with E-state index in [0.717, 1.165) is 30.4 Å². The Labute approximate surface area is 110 Å². The highest BCUT2D eigenvalue weighted by Gasteiger charge is 2.28. The lowest BCUT2D eigenvalue weighted by atomic mass is 10.1. The van der Waals surface area contributed by atoms with Crippen LogP contribution in [0.3, 0.4) is 0 Å². The molecule has 0 aromatic heterocycles. The van der Waals surface area contributed by atoms with Gasteiger partial charge in [0, 0.05) is 31.0 Å². The van der Waals surface area contributed by atoms with Crippen LogP contribution in [0.5, 0.6) is 0 Å². The molecular formula is C13H17BrN2O. The first-order chi connectivity index (χ1) is 8.22. The van der Waals surface area contributed by atoms with E-state index in [1.165, 1.54) is 5.56 Å². The van der Waals surface area contributed by atoms with Crippen molar-refractivity contribution in [2.24, 2.45) is 0 Å². The minimum Gasteiger partial charge on any atom is -0.373 e. The second kappa shape index (κ2) is 5.54.